The number of methoxy groups -OCH3 is 2. The van der Waals surface area contributed by atoms with Crippen LogP contribution in [0.3, 0.4) is 0 Å². The van der Waals surface area contributed by atoms with Gasteiger partial charge in [-0.05, 0) is 84.6 Å². The number of carbonyl (C=O) groups excluding carboxylic acids is 2. The summed E-state index contributed by atoms with van der Waals surface area (Å²) in [5, 5.41) is 9.00. The van der Waals surface area contributed by atoms with Gasteiger partial charge in [-0.1, -0.05) is 54.6 Å². The van der Waals surface area contributed by atoms with Gasteiger partial charge in [0.05, 0.1) is 44.1 Å². The number of nitrogens with zero attached hydrogens (tertiary/aromatic N) is 2. The lowest BCUT2D eigenvalue weighted by molar-refractivity contribution is -0.140. The number of unbranched alkanes of at least 4 members (excludes halogenated alkanes) is 1. The van der Waals surface area contributed by atoms with E-state index in [9.17, 15) is 9.59 Å². The minimum absolute atomic E-state index is 0.209. The topological polar surface area (TPSA) is 98.1 Å². The van der Waals surface area contributed by atoms with Crippen LogP contribution in [0.15, 0.2) is 103 Å². The molecule has 0 bridgehead atoms. The molecule has 0 saturated carbocycles. The number of benzene rings is 4. The van der Waals surface area contributed by atoms with Crippen molar-refractivity contribution in [2.75, 3.05) is 27.3 Å². The van der Waals surface area contributed by atoms with Crippen molar-refractivity contribution >= 4 is 11.9 Å². The summed E-state index contributed by atoms with van der Waals surface area (Å²) in [5.41, 5.74) is 4.22. The number of esters is 2. The Morgan fingerprint density at radius 2 is 1.42 bits per heavy atom. The van der Waals surface area contributed by atoms with Crippen LogP contribution in [0, 0.1) is 11.3 Å². The highest BCUT2D eigenvalue weighted by molar-refractivity contribution is 5.89. The molecular formula is C37H38N2O6. The maximum absolute atomic E-state index is 11.9. The van der Waals surface area contributed by atoms with Crippen molar-refractivity contribution in [3.8, 4) is 17.6 Å². The summed E-state index contributed by atoms with van der Waals surface area (Å²) >= 11 is 0. The van der Waals surface area contributed by atoms with E-state index in [-0.39, 0.29) is 18.0 Å². The zero-order valence-electron chi connectivity index (χ0n) is 25.7. The number of rotatable bonds is 16. The van der Waals surface area contributed by atoms with Crippen LogP contribution in [0.5, 0.6) is 11.5 Å². The normalized spacial score (nSPS) is 11.4. The quantitative estimate of drug-likeness (QED) is 0.0973. The lowest BCUT2D eigenvalue weighted by Gasteiger charge is -2.28. The van der Waals surface area contributed by atoms with Crippen molar-refractivity contribution in [2.45, 2.75) is 38.5 Å². The first-order valence-electron chi connectivity index (χ1n) is 14.9. The molecule has 0 radical (unpaired) electrons. The van der Waals surface area contributed by atoms with Gasteiger partial charge < -0.3 is 18.9 Å². The summed E-state index contributed by atoms with van der Waals surface area (Å²) in [6, 6.07) is 34.4. The fourth-order valence-corrected chi connectivity index (χ4v) is 4.80. The summed E-state index contributed by atoms with van der Waals surface area (Å²) in [4.78, 5) is 25.9. The third-order valence-corrected chi connectivity index (χ3v) is 7.30. The van der Waals surface area contributed by atoms with Gasteiger partial charge in [0.1, 0.15) is 11.5 Å². The van der Waals surface area contributed by atoms with E-state index in [0.717, 1.165) is 36.1 Å². The second kappa shape index (κ2) is 17.4. The van der Waals surface area contributed by atoms with Gasteiger partial charge in [-0.25, -0.2) is 4.79 Å². The van der Waals surface area contributed by atoms with Gasteiger partial charge in [-0.2, -0.15) is 5.26 Å². The summed E-state index contributed by atoms with van der Waals surface area (Å²) in [5.74, 6) is 0.777. The number of nitriles is 1. The van der Waals surface area contributed by atoms with E-state index in [1.807, 2.05) is 54.6 Å². The minimum Gasteiger partial charge on any atom is -0.469 e. The Hall–Kier alpha value is -4.97. The molecule has 232 valence electrons. The number of hydrogen-bond donors (Lipinski definition) is 0. The summed E-state index contributed by atoms with van der Waals surface area (Å²) in [7, 11) is 2.78. The molecule has 0 saturated heterocycles. The van der Waals surface area contributed by atoms with Crippen LogP contribution in [0.1, 0.15) is 58.0 Å². The standard InChI is InChI=1S/C37H38N2O6/c1-42-36(40)10-6-7-23-39(25-29-11-17-32(18-12-29)37(41)43-2)26-35(31-8-4-3-5-9-31)44-27-30-15-21-34(22-16-30)45-33-19-13-28(24-38)14-20-33/h3-5,8-9,11-22,35H,6-7,10,23,25-27H2,1-2H3/t35-/m0/s1. The van der Waals surface area contributed by atoms with Gasteiger partial charge >= 0.3 is 11.9 Å². The third-order valence-electron chi connectivity index (χ3n) is 7.30. The molecule has 45 heavy (non-hydrogen) atoms. The van der Waals surface area contributed by atoms with Crippen molar-refractivity contribution in [3.63, 3.8) is 0 Å². The molecule has 0 aromatic heterocycles. The van der Waals surface area contributed by atoms with Gasteiger partial charge in [0, 0.05) is 19.5 Å². The van der Waals surface area contributed by atoms with Crippen LogP contribution in [0.4, 0.5) is 0 Å². The Balaban J connectivity index is 1.44. The predicted molar refractivity (Wildman–Crippen MR) is 171 cm³/mol. The Morgan fingerprint density at radius 1 is 0.778 bits per heavy atom. The van der Waals surface area contributed by atoms with E-state index < -0.39 is 0 Å². The monoisotopic (exact) mass is 606 g/mol. The third kappa shape index (κ3) is 10.6. The number of ether oxygens (including phenoxy) is 4. The molecular weight excluding hydrogens is 568 g/mol. The van der Waals surface area contributed by atoms with E-state index in [4.69, 9.17) is 24.2 Å². The van der Waals surface area contributed by atoms with Gasteiger partial charge in [-0.15, -0.1) is 0 Å². The van der Waals surface area contributed by atoms with Crippen LogP contribution in [-0.4, -0.2) is 44.1 Å². The van der Waals surface area contributed by atoms with E-state index in [2.05, 4.69) is 23.1 Å². The van der Waals surface area contributed by atoms with E-state index in [1.165, 1.54) is 14.2 Å². The largest absolute Gasteiger partial charge is 0.469 e. The molecule has 0 amide bonds. The van der Waals surface area contributed by atoms with E-state index in [0.29, 0.717) is 48.7 Å². The molecule has 8 nitrogen and oxygen atoms in total. The fourth-order valence-electron chi connectivity index (χ4n) is 4.80. The van der Waals surface area contributed by atoms with Crippen molar-refractivity contribution in [1.82, 2.24) is 4.90 Å². The van der Waals surface area contributed by atoms with Crippen LogP contribution < -0.4 is 4.74 Å². The van der Waals surface area contributed by atoms with Gasteiger partial charge in [0.15, 0.2) is 0 Å². The Morgan fingerprint density at radius 3 is 2.04 bits per heavy atom. The van der Waals surface area contributed by atoms with Gasteiger partial charge in [0.2, 0.25) is 0 Å². The van der Waals surface area contributed by atoms with Crippen LogP contribution in [0.2, 0.25) is 0 Å². The van der Waals surface area contributed by atoms with Gasteiger partial charge in [0.25, 0.3) is 0 Å². The molecule has 0 N–H and O–H groups in total. The average Bonchev–Trinajstić information content (AvgIpc) is 3.09. The van der Waals surface area contributed by atoms with Crippen molar-refractivity contribution in [3.05, 3.63) is 131 Å². The van der Waals surface area contributed by atoms with E-state index >= 15 is 0 Å². The number of hydrogen-bond acceptors (Lipinski definition) is 8. The van der Waals surface area contributed by atoms with Gasteiger partial charge in [-0.3, -0.25) is 9.69 Å². The minimum atomic E-state index is -0.368. The SMILES string of the molecule is COC(=O)CCCCN(Cc1ccc(C(=O)OC)cc1)C[C@H](OCc1ccc(Oc2ccc(C#N)cc2)cc1)c1ccccc1. The molecule has 1 atom stereocenters. The molecule has 0 aliphatic carbocycles. The van der Waals surface area contributed by atoms with Crippen molar-refractivity contribution < 1.29 is 28.5 Å². The Bertz CT molecular complexity index is 1530. The molecule has 0 heterocycles. The molecule has 0 fully saturated rings. The smallest absolute Gasteiger partial charge is 0.337 e. The Kier molecular flexibility index (Phi) is 12.7. The van der Waals surface area contributed by atoms with Crippen LogP contribution in [-0.2, 0) is 32.2 Å². The first kappa shape index (κ1) is 32.9. The average molecular weight is 607 g/mol. The lowest BCUT2D eigenvalue weighted by Crippen LogP contribution is -2.30. The highest BCUT2D eigenvalue weighted by Crippen LogP contribution is 2.25. The predicted octanol–water partition coefficient (Wildman–Crippen LogP) is 7.24. The first-order chi connectivity index (χ1) is 22.0. The summed E-state index contributed by atoms with van der Waals surface area (Å²) in [6.45, 7) is 2.43. The summed E-state index contributed by atoms with van der Waals surface area (Å²) < 4.78 is 22.1. The van der Waals surface area contributed by atoms with Crippen molar-refractivity contribution in [2.24, 2.45) is 0 Å². The molecule has 0 spiro atoms. The fraction of sp³-hybridized carbons (Fsp3) is 0.270. The zero-order chi connectivity index (χ0) is 31.9. The highest BCUT2D eigenvalue weighted by atomic mass is 16.5. The lowest BCUT2D eigenvalue weighted by atomic mass is 10.1. The molecule has 4 aromatic rings. The zero-order valence-corrected chi connectivity index (χ0v) is 25.7. The number of carbonyl (C=O) groups is 2. The van der Waals surface area contributed by atoms with Crippen LogP contribution in [0.25, 0.3) is 0 Å². The maximum Gasteiger partial charge on any atom is 0.337 e. The molecule has 4 aromatic carbocycles. The first-order valence-corrected chi connectivity index (χ1v) is 14.9. The Labute approximate surface area is 264 Å². The molecule has 4 rings (SSSR count). The maximum atomic E-state index is 11.9. The molecule has 8 heteroatoms. The second-order valence-electron chi connectivity index (χ2n) is 10.5. The second-order valence-corrected chi connectivity index (χ2v) is 10.5. The highest BCUT2D eigenvalue weighted by Gasteiger charge is 2.18. The molecule has 0 aliphatic heterocycles. The molecule has 0 aliphatic rings. The van der Waals surface area contributed by atoms with Crippen molar-refractivity contribution in [1.29, 1.82) is 5.26 Å². The van der Waals surface area contributed by atoms with E-state index in [1.54, 1.807) is 36.4 Å². The summed E-state index contributed by atoms with van der Waals surface area (Å²) in [6.07, 6.45) is 1.70. The molecule has 0 unspecified atom stereocenters. The van der Waals surface area contributed by atoms with Crippen LogP contribution >= 0.6 is 0 Å².